The minimum absolute atomic E-state index is 0.105. The molecule has 1 aliphatic rings. The Bertz CT molecular complexity index is 1050. The Morgan fingerprint density at radius 3 is 2.33 bits per heavy atom. The fraction of sp³-hybridized carbons (Fsp3) is 0.300. The van der Waals surface area contributed by atoms with Gasteiger partial charge in [0.2, 0.25) is 5.69 Å². The molecule has 0 amide bonds. The molecular weight excluding hydrogens is 366 g/mol. The lowest BCUT2D eigenvalue weighted by atomic mass is 9.82. The molecule has 0 saturated carbocycles. The van der Waals surface area contributed by atoms with E-state index in [1.165, 1.54) is 19.2 Å². The lowest BCUT2D eigenvalue weighted by Crippen LogP contribution is -2.26. The zero-order chi connectivity index (χ0) is 20.0. The van der Waals surface area contributed by atoms with E-state index in [0.29, 0.717) is 12.1 Å². The SMILES string of the molecule is COC(=O)c1ccc(C[N+]2=C(C)C(C)(C)c3cc(S(=O)(=O)O)ccc32)cc1. The molecule has 1 aliphatic heterocycles. The maximum absolute atomic E-state index is 11.6. The molecule has 2 aromatic rings. The quantitative estimate of drug-likeness (QED) is 0.493. The van der Waals surface area contributed by atoms with Gasteiger partial charge in [-0.05, 0) is 38.1 Å². The van der Waals surface area contributed by atoms with Crippen molar-refractivity contribution in [3.05, 3.63) is 59.2 Å². The van der Waals surface area contributed by atoms with Crippen LogP contribution in [-0.4, -0.2) is 36.3 Å². The largest absolute Gasteiger partial charge is 0.465 e. The lowest BCUT2D eigenvalue weighted by Gasteiger charge is -2.15. The number of benzene rings is 2. The molecule has 0 spiro atoms. The second-order valence-corrected chi connectivity index (χ2v) is 8.56. The summed E-state index contributed by atoms with van der Waals surface area (Å²) >= 11 is 0. The molecule has 1 N–H and O–H groups in total. The van der Waals surface area contributed by atoms with Crippen LogP contribution in [0.5, 0.6) is 0 Å². The minimum Gasteiger partial charge on any atom is -0.465 e. The van der Waals surface area contributed by atoms with Crippen molar-refractivity contribution in [3.8, 4) is 0 Å². The number of carbonyl (C=O) groups excluding carboxylic acids is 1. The maximum Gasteiger partial charge on any atom is 0.337 e. The number of esters is 1. The molecule has 0 atom stereocenters. The lowest BCUT2D eigenvalue weighted by molar-refractivity contribution is -0.456. The van der Waals surface area contributed by atoms with Crippen LogP contribution in [0, 0.1) is 0 Å². The first-order valence-corrected chi connectivity index (χ1v) is 9.90. The van der Waals surface area contributed by atoms with Gasteiger partial charge in [0.15, 0.2) is 12.3 Å². The summed E-state index contributed by atoms with van der Waals surface area (Å²) in [7, 11) is -2.91. The van der Waals surface area contributed by atoms with Crippen molar-refractivity contribution >= 4 is 27.5 Å². The third kappa shape index (κ3) is 3.40. The minimum atomic E-state index is -4.26. The standard InChI is InChI=1S/C20H21NO5S/c1-13-20(2,3)17-11-16(27(23,24)25)9-10-18(17)21(13)12-14-5-7-15(8-6-14)19(22)26-4/h5-11H,12H2,1-4H3/p+1. The first kappa shape index (κ1) is 19.3. The van der Waals surface area contributed by atoms with Crippen LogP contribution >= 0.6 is 0 Å². The smallest absolute Gasteiger partial charge is 0.337 e. The maximum atomic E-state index is 11.6. The monoisotopic (exact) mass is 388 g/mol. The van der Waals surface area contributed by atoms with Crippen LogP contribution in [0.25, 0.3) is 0 Å². The molecule has 6 nitrogen and oxygen atoms in total. The van der Waals surface area contributed by atoms with E-state index in [1.807, 2.05) is 32.9 Å². The molecule has 0 bridgehead atoms. The molecule has 1 heterocycles. The van der Waals surface area contributed by atoms with Crippen LogP contribution in [-0.2, 0) is 26.8 Å². The molecule has 3 rings (SSSR count). The van der Waals surface area contributed by atoms with Crippen molar-refractivity contribution in [1.29, 1.82) is 0 Å². The molecule has 0 fully saturated rings. The molecule has 0 unspecified atom stereocenters. The van der Waals surface area contributed by atoms with Gasteiger partial charge in [0.05, 0.1) is 23.0 Å². The first-order valence-electron chi connectivity index (χ1n) is 8.46. The topological polar surface area (TPSA) is 83.7 Å². The van der Waals surface area contributed by atoms with E-state index in [2.05, 4.69) is 4.58 Å². The number of hydrogen-bond acceptors (Lipinski definition) is 4. The van der Waals surface area contributed by atoms with Crippen molar-refractivity contribution < 1.29 is 27.1 Å². The molecular formula is C20H22NO5S+. The summed E-state index contributed by atoms with van der Waals surface area (Å²) in [5.74, 6) is -0.380. The van der Waals surface area contributed by atoms with Crippen LogP contribution < -0.4 is 0 Å². The number of methoxy groups -OCH3 is 1. The summed E-state index contributed by atoms with van der Waals surface area (Å²) in [5, 5.41) is 0. The van der Waals surface area contributed by atoms with E-state index in [1.54, 1.807) is 18.2 Å². The predicted octanol–water partition coefficient (Wildman–Crippen LogP) is 3.32. The van der Waals surface area contributed by atoms with Crippen molar-refractivity contribution in [2.24, 2.45) is 0 Å². The van der Waals surface area contributed by atoms with E-state index in [-0.39, 0.29) is 16.3 Å². The Morgan fingerprint density at radius 1 is 1.15 bits per heavy atom. The Kier molecular flexibility index (Phi) is 4.69. The normalized spacial score (nSPS) is 15.6. The number of hydrogen-bond donors (Lipinski definition) is 1. The van der Waals surface area contributed by atoms with Gasteiger partial charge in [-0.3, -0.25) is 4.55 Å². The predicted molar refractivity (Wildman–Crippen MR) is 101 cm³/mol. The highest BCUT2D eigenvalue weighted by molar-refractivity contribution is 7.85. The highest BCUT2D eigenvalue weighted by Crippen LogP contribution is 2.41. The third-order valence-electron chi connectivity index (χ3n) is 5.26. The molecule has 7 heteroatoms. The Morgan fingerprint density at radius 2 is 1.78 bits per heavy atom. The average molecular weight is 388 g/mol. The molecule has 27 heavy (non-hydrogen) atoms. The molecule has 0 radical (unpaired) electrons. The summed E-state index contributed by atoms with van der Waals surface area (Å²) in [4.78, 5) is 11.5. The summed E-state index contributed by atoms with van der Waals surface area (Å²) in [6.45, 7) is 6.63. The zero-order valence-electron chi connectivity index (χ0n) is 15.7. The van der Waals surface area contributed by atoms with Gasteiger partial charge in [-0.25, -0.2) is 4.79 Å². The van der Waals surface area contributed by atoms with Crippen molar-refractivity contribution in [2.45, 2.75) is 37.6 Å². The molecule has 142 valence electrons. The highest BCUT2D eigenvalue weighted by Gasteiger charge is 2.43. The van der Waals surface area contributed by atoms with E-state index in [0.717, 1.165) is 22.5 Å². The number of fused-ring (bicyclic) bond motifs is 1. The van der Waals surface area contributed by atoms with Gasteiger partial charge in [-0.1, -0.05) is 12.1 Å². The molecule has 0 aliphatic carbocycles. The first-order chi connectivity index (χ1) is 12.6. The van der Waals surface area contributed by atoms with Crippen LogP contribution in [0.1, 0.15) is 42.3 Å². The van der Waals surface area contributed by atoms with Gasteiger partial charge in [-0.15, -0.1) is 0 Å². The van der Waals surface area contributed by atoms with Crippen molar-refractivity contribution in [2.75, 3.05) is 7.11 Å². The van der Waals surface area contributed by atoms with Gasteiger partial charge < -0.3 is 4.74 Å². The van der Waals surface area contributed by atoms with Gasteiger partial charge in [-0.2, -0.15) is 13.0 Å². The number of rotatable bonds is 4. The van der Waals surface area contributed by atoms with Gasteiger partial charge in [0.25, 0.3) is 10.1 Å². The van der Waals surface area contributed by atoms with Crippen molar-refractivity contribution in [1.82, 2.24) is 0 Å². The highest BCUT2D eigenvalue weighted by atomic mass is 32.2. The van der Waals surface area contributed by atoms with Crippen LogP contribution in [0.4, 0.5) is 5.69 Å². The summed E-state index contributed by atoms with van der Waals surface area (Å²) < 4.78 is 39.2. The summed E-state index contributed by atoms with van der Waals surface area (Å²) in [6.07, 6.45) is 0. The van der Waals surface area contributed by atoms with Gasteiger partial charge in [0.1, 0.15) is 0 Å². The van der Waals surface area contributed by atoms with Crippen LogP contribution in [0.2, 0.25) is 0 Å². The average Bonchev–Trinajstić information content (AvgIpc) is 2.81. The third-order valence-corrected chi connectivity index (χ3v) is 6.10. The fourth-order valence-electron chi connectivity index (χ4n) is 3.37. The molecule has 2 aromatic carbocycles. The fourth-order valence-corrected chi connectivity index (χ4v) is 3.88. The Labute approximate surface area is 158 Å². The zero-order valence-corrected chi connectivity index (χ0v) is 16.5. The Balaban J connectivity index is 2.00. The van der Waals surface area contributed by atoms with Gasteiger partial charge in [0, 0.05) is 24.1 Å². The van der Waals surface area contributed by atoms with E-state index >= 15 is 0 Å². The summed E-state index contributed by atoms with van der Waals surface area (Å²) in [6, 6.07) is 11.9. The van der Waals surface area contributed by atoms with Crippen LogP contribution in [0.3, 0.4) is 0 Å². The summed E-state index contributed by atoms with van der Waals surface area (Å²) in [5.41, 5.74) is 3.94. The van der Waals surface area contributed by atoms with E-state index in [4.69, 9.17) is 4.74 Å². The van der Waals surface area contributed by atoms with Gasteiger partial charge >= 0.3 is 5.97 Å². The molecule has 0 aromatic heterocycles. The van der Waals surface area contributed by atoms with E-state index < -0.39 is 10.1 Å². The van der Waals surface area contributed by atoms with E-state index in [9.17, 15) is 17.8 Å². The second kappa shape index (κ2) is 6.58. The second-order valence-electron chi connectivity index (χ2n) is 7.14. The van der Waals surface area contributed by atoms with Crippen LogP contribution in [0.15, 0.2) is 47.4 Å². The number of carbonyl (C=O) groups is 1. The number of ether oxygens (including phenoxy) is 1. The van der Waals surface area contributed by atoms with Crippen molar-refractivity contribution in [3.63, 3.8) is 0 Å². The molecule has 0 saturated heterocycles. The Hall–Kier alpha value is -2.51. The number of nitrogens with zero attached hydrogens (tertiary/aromatic N) is 1.